The molecule has 2 aromatic carbocycles. The summed E-state index contributed by atoms with van der Waals surface area (Å²) in [6.45, 7) is 0.596. The van der Waals surface area contributed by atoms with Gasteiger partial charge in [0.1, 0.15) is 0 Å². The van der Waals surface area contributed by atoms with Crippen molar-refractivity contribution < 1.29 is 4.79 Å². The van der Waals surface area contributed by atoms with Crippen molar-refractivity contribution in [1.82, 2.24) is 0 Å². The number of hydrogen-bond acceptors (Lipinski definition) is 3. The third kappa shape index (κ3) is 2.63. The Bertz CT molecular complexity index is 751. The number of carbonyl (C=O) groups is 1. The molecule has 2 N–H and O–H groups in total. The van der Waals surface area contributed by atoms with Crippen LogP contribution in [-0.2, 0) is 4.79 Å². The number of anilines is 2. The molecule has 0 spiro atoms. The molecule has 0 bridgehead atoms. The number of fused-ring (bicyclic) bond motifs is 1. The molecule has 1 aliphatic heterocycles. The second kappa shape index (κ2) is 5.58. The van der Waals surface area contributed by atoms with Crippen molar-refractivity contribution in [3.8, 4) is 6.07 Å². The molecular weight excluding hydrogens is 330 g/mol. The van der Waals surface area contributed by atoms with Gasteiger partial charge in [0.05, 0.1) is 23.2 Å². The molecule has 1 amide bonds. The van der Waals surface area contributed by atoms with Crippen molar-refractivity contribution in [2.24, 2.45) is 0 Å². The molecule has 0 fully saturated rings. The van der Waals surface area contributed by atoms with E-state index in [0.717, 1.165) is 11.3 Å². The predicted molar refractivity (Wildman–Crippen MR) is 85.2 cm³/mol. The fourth-order valence-corrected chi connectivity index (χ4v) is 2.90. The summed E-state index contributed by atoms with van der Waals surface area (Å²) in [6, 6.07) is 15.0. The largest absolute Gasteiger partial charge is 0.384 e. The minimum atomic E-state index is -0.205. The maximum atomic E-state index is 12.4. The first kappa shape index (κ1) is 13.7. The summed E-state index contributed by atoms with van der Waals surface area (Å²) in [6.07, 6.45) is 0. The fourth-order valence-electron chi connectivity index (χ4n) is 2.42. The third-order valence-electron chi connectivity index (χ3n) is 3.51. The van der Waals surface area contributed by atoms with Gasteiger partial charge < -0.3 is 10.6 Å². The summed E-state index contributed by atoms with van der Waals surface area (Å²) in [5, 5.41) is 15.0. The van der Waals surface area contributed by atoms with Gasteiger partial charge in [-0.1, -0.05) is 18.2 Å². The highest BCUT2D eigenvalue weighted by atomic mass is 79.9. The Kier molecular flexibility index (Phi) is 3.63. The molecule has 1 heterocycles. The number of hydrogen-bond donors (Lipinski definition) is 2. The molecule has 1 unspecified atom stereocenters. The Hall–Kier alpha value is -2.32. The second-order valence-corrected chi connectivity index (χ2v) is 5.67. The monoisotopic (exact) mass is 341 g/mol. The van der Waals surface area contributed by atoms with Crippen LogP contribution in [0.1, 0.15) is 17.0 Å². The lowest BCUT2D eigenvalue weighted by Gasteiger charge is -2.12. The van der Waals surface area contributed by atoms with Crippen LogP contribution < -0.4 is 10.6 Å². The van der Waals surface area contributed by atoms with E-state index in [4.69, 9.17) is 5.26 Å². The van der Waals surface area contributed by atoms with Crippen molar-refractivity contribution in [1.29, 1.82) is 5.26 Å². The number of amides is 1. The van der Waals surface area contributed by atoms with E-state index in [9.17, 15) is 4.79 Å². The van der Waals surface area contributed by atoms with Crippen LogP contribution in [0, 0.1) is 11.3 Å². The summed E-state index contributed by atoms with van der Waals surface area (Å²) >= 11 is 3.38. The number of carbonyl (C=O) groups excluding carboxylic acids is 1. The van der Waals surface area contributed by atoms with Gasteiger partial charge in [-0.3, -0.25) is 4.79 Å². The smallest absolute Gasteiger partial charge is 0.233 e. The molecule has 0 radical (unpaired) electrons. The Morgan fingerprint density at radius 2 is 2.14 bits per heavy atom. The molecule has 0 aliphatic carbocycles. The summed E-state index contributed by atoms with van der Waals surface area (Å²) < 4.78 is 0.703. The lowest BCUT2D eigenvalue weighted by Crippen LogP contribution is -2.22. The van der Waals surface area contributed by atoms with Gasteiger partial charge in [0.2, 0.25) is 5.91 Å². The fraction of sp³-hybridized carbons (Fsp3) is 0.125. The lowest BCUT2D eigenvalue weighted by atomic mass is 10.0. The molecule has 0 aromatic heterocycles. The van der Waals surface area contributed by atoms with E-state index in [-0.39, 0.29) is 11.8 Å². The van der Waals surface area contributed by atoms with Crippen LogP contribution >= 0.6 is 15.9 Å². The minimum Gasteiger partial charge on any atom is -0.384 e. The van der Waals surface area contributed by atoms with Crippen molar-refractivity contribution in [3.63, 3.8) is 0 Å². The molecule has 1 atom stereocenters. The third-order valence-corrected chi connectivity index (χ3v) is 4.16. The van der Waals surface area contributed by atoms with Crippen molar-refractivity contribution in [2.45, 2.75) is 5.92 Å². The molecule has 0 saturated carbocycles. The molecule has 21 heavy (non-hydrogen) atoms. The first-order chi connectivity index (χ1) is 10.2. The molecule has 4 nitrogen and oxygen atoms in total. The Balaban J connectivity index is 1.81. The van der Waals surface area contributed by atoms with Crippen LogP contribution in [0.25, 0.3) is 0 Å². The molecule has 1 aliphatic rings. The Morgan fingerprint density at radius 1 is 1.33 bits per heavy atom. The SMILES string of the molecule is N#Cc1ccc(NC(=O)C2CNc3ccccc32)c(Br)c1. The van der Waals surface area contributed by atoms with Crippen molar-refractivity contribution >= 4 is 33.2 Å². The zero-order chi connectivity index (χ0) is 14.8. The van der Waals surface area contributed by atoms with E-state index in [1.165, 1.54) is 0 Å². The quantitative estimate of drug-likeness (QED) is 0.878. The van der Waals surface area contributed by atoms with Crippen LogP contribution in [0.4, 0.5) is 11.4 Å². The van der Waals surface area contributed by atoms with Gasteiger partial charge in [-0.25, -0.2) is 0 Å². The van der Waals surface area contributed by atoms with Gasteiger partial charge in [0.15, 0.2) is 0 Å². The second-order valence-electron chi connectivity index (χ2n) is 4.82. The van der Waals surface area contributed by atoms with Crippen molar-refractivity contribution in [2.75, 3.05) is 17.2 Å². The molecular formula is C16H12BrN3O. The van der Waals surface area contributed by atoms with E-state index >= 15 is 0 Å². The number of nitrogens with zero attached hydrogens (tertiary/aromatic N) is 1. The normalized spacial score (nSPS) is 15.7. The van der Waals surface area contributed by atoms with Gasteiger partial charge in [-0.05, 0) is 45.8 Å². The summed E-state index contributed by atoms with van der Waals surface area (Å²) in [5.74, 6) is -0.262. The maximum absolute atomic E-state index is 12.4. The van der Waals surface area contributed by atoms with Gasteiger partial charge in [-0.15, -0.1) is 0 Å². The highest BCUT2D eigenvalue weighted by molar-refractivity contribution is 9.10. The molecule has 0 saturated heterocycles. The van der Waals surface area contributed by atoms with Crippen LogP contribution in [0.3, 0.4) is 0 Å². The van der Waals surface area contributed by atoms with Crippen LogP contribution in [0.5, 0.6) is 0 Å². The first-order valence-electron chi connectivity index (χ1n) is 6.52. The molecule has 104 valence electrons. The zero-order valence-corrected chi connectivity index (χ0v) is 12.6. The number of rotatable bonds is 2. The molecule has 5 heteroatoms. The number of nitriles is 1. The van der Waals surface area contributed by atoms with Gasteiger partial charge >= 0.3 is 0 Å². The standard InChI is InChI=1S/C16H12BrN3O/c17-13-7-10(8-18)5-6-15(13)20-16(21)12-9-19-14-4-2-1-3-11(12)14/h1-7,12,19H,9H2,(H,20,21). The maximum Gasteiger partial charge on any atom is 0.233 e. The van der Waals surface area contributed by atoms with Gasteiger partial charge in [0.25, 0.3) is 0 Å². The highest BCUT2D eigenvalue weighted by Gasteiger charge is 2.28. The average Bonchev–Trinajstić information content (AvgIpc) is 2.93. The minimum absolute atomic E-state index is 0.0575. The molecule has 3 rings (SSSR count). The van der Waals surface area contributed by atoms with E-state index in [1.807, 2.05) is 24.3 Å². The van der Waals surface area contributed by atoms with Crippen LogP contribution in [0.2, 0.25) is 0 Å². The number of para-hydroxylation sites is 1. The number of nitrogens with one attached hydrogen (secondary N) is 2. The van der Waals surface area contributed by atoms with E-state index in [0.29, 0.717) is 22.3 Å². The number of halogens is 1. The summed E-state index contributed by atoms with van der Waals surface area (Å²) in [7, 11) is 0. The topological polar surface area (TPSA) is 64.9 Å². The summed E-state index contributed by atoms with van der Waals surface area (Å²) in [5.41, 5.74) is 3.24. The zero-order valence-electron chi connectivity index (χ0n) is 11.1. The van der Waals surface area contributed by atoms with Crippen molar-refractivity contribution in [3.05, 3.63) is 58.1 Å². The Morgan fingerprint density at radius 3 is 2.90 bits per heavy atom. The Labute approximate surface area is 130 Å². The number of benzene rings is 2. The van der Waals surface area contributed by atoms with E-state index in [2.05, 4.69) is 32.6 Å². The molecule has 2 aromatic rings. The first-order valence-corrected chi connectivity index (χ1v) is 7.31. The predicted octanol–water partition coefficient (Wildman–Crippen LogP) is 3.47. The summed E-state index contributed by atoms with van der Waals surface area (Å²) in [4.78, 5) is 12.4. The lowest BCUT2D eigenvalue weighted by molar-refractivity contribution is -0.117. The van der Waals surface area contributed by atoms with Gasteiger partial charge in [0, 0.05) is 16.7 Å². The van der Waals surface area contributed by atoms with Crippen LogP contribution in [0.15, 0.2) is 46.9 Å². The van der Waals surface area contributed by atoms with E-state index < -0.39 is 0 Å². The average molecular weight is 342 g/mol. The van der Waals surface area contributed by atoms with Crippen LogP contribution in [-0.4, -0.2) is 12.5 Å². The van der Waals surface area contributed by atoms with E-state index in [1.54, 1.807) is 18.2 Å². The highest BCUT2D eigenvalue weighted by Crippen LogP contribution is 2.32. The van der Waals surface area contributed by atoms with Gasteiger partial charge in [-0.2, -0.15) is 5.26 Å².